The van der Waals surface area contributed by atoms with Crippen LogP contribution in [-0.2, 0) is 11.3 Å². The summed E-state index contributed by atoms with van der Waals surface area (Å²) in [5.41, 5.74) is 1.33. The third-order valence-electron chi connectivity index (χ3n) is 3.63. The second-order valence-electron chi connectivity index (χ2n) is 5.01. The highest BCUT2D eigenvalue weighted by Crippen LogP contribution is 2.29. The van der Waals surface area contributed by atoms with Gasteiger partial charge in [0.25, 0.3) is 5.01 Å². The van der Waals surface area contributed by atoms with Crippen LogP contribution in [0.4, 0.5) is 0 Å². The van der Waals surface area contributed by atoms with Crippen LogP contribution in [0, 0.1) is 0 Å². The average Bonchev–Trinajstić information content (AvgIpc) is 2.84. The van der Waals surface area contributed by atoms with Gasteiger partial charge in [-0.2, -0.15) is 4.57 Å². The van der Waals surface area contributed by atoms with Gasteiger partial charge in [-0.3, -0.25) is 0 Å². The Morgan fingerprint density at radius 1 is 1.18 bits per heavy atom. The Kier molecular flexibility index (Phi) is 5.81. The quantitative estimate of drug-likeness (QED) is 0.353. The molecule has 116 valence electrons. The third kappa shape index (κ3) is 3.13. The molecule has 0 N–H and O–H groups in total. The summed E-state index contributed by atoms with van der Waals surface area (Å²) in [7, 11) is 0. The minimum Gasteiger partial charge on any atom is -1.00 e. The number of allylic oxidation sites excluding steroid dienone is 1. The van der Waals surface area contributed by atoms with E-state index in [1.54, 1.807) is 0 Å². The summed E-state index contributed by atoms with van der Waals surface area (Å²) >= 11 is 1.82. The summed E-state index contributed by atoms with van der Waals surface area (Å²) in [5, 5.41) is 3.86. The lowest BCUT2D eigenvalue weighted by molar-refractivity contribution is -0.664. The van der Waals surface area contributed by atoms with E-state index in [1.807, 2.05) is 25.2 Å². The van der Waals surface area contributed by atoms with Crippen molar-refractivity contribution in [3.63, 3.8) is 0 Å². The number of aryl methyl sites for hydroxylation is 1. The molecule has 0 bridgehead atoms. The Labute approximate surface area is 152 Å². The van der Waals surface area contributed by atoms with Gasteiger partial charge in [0.2, 0.25) is 5.52 Å². The molecule has 0 saturated carbocycles. The van der Waals surface area contributed by atoms with Crippen molar-refractivity contribution in [3.8, 4) is 0 Å². The molecule has 0 unspecified atom stereocenters. The van der Waals surface area contributed by atoms with Crippen LogP contribution < -0.4 is 28.5 Å². The van der Waals surface area contributed by atoms with E-state index in [0.717, 1.165) is 12.3 Å². The van der Waals surface area contributed by atoms with E-state index in [9.17, 15) is 0 Å². The first-order valence-corrected chi connectivity index (χ1v) is 8.21. The fourth-order valence-electron chi connectivity index (χ4n) is 2.74. The zero-order valence-corrected chi connectivity index (χ0v) is 16.1. The lowest BCUT2D eigenvalue weighted by atomic mass is 10.1. The molecule has 0 saturated heterocycles. The molecular formula is C18H20INOS. The first-order valence-electron chi connectivity index (χ1n) is 7.39. The molecular weight excluding hydrogens is 405 g/mol. The summed E-state index contributed by atoms with van der Waals surface area (Å²) < 4.78 is 9.29. The van der Waals surface area contributed by atoms with Crippen molar-refractivity contribution < 1.29 is 33.3 Å². The van der Waals surface area contributed by atoms with Crippen molar-refractivity contribution >= 4 is 38.4 Å². The molecule has 22 heavy (non-hydrogen) atoms. The van der Waals surface area contributed by atoms with Crippen molar-refractivity contribution in [3.05, 3.63) is 47.2 Å². The topological polar surface area (TPSA) is 13.1 Å². The number of ether oxygens (including phenoxy) is 1. The number of halogens is 1. The number of thiazole rings is 1. The molecule has 0 aliphatic heterocycles. The highest BCUT2D eigenvalue weighted by molar-refractivity contribution is 7.19. The van der Waals surface area contributed by atoms with E-state index in [-0.39, 0.29) is 24.0 Å². The number of aromatic nitrogens is 1. The monoisotopic (exact) mass is 425 g/mol. The maximum absolute atomic E-state index is 5.58. The summed E-state index contributed by atoms with van der Waals surface area (Å²) in [6.45, 7) is 7.90. The zero-order chi connectivity index (χ0) is 14.8. The van der Waals surface area contributed by atoms with Gasteiger partial charge >= 0.3 is 0 Å². The van der Waals surface area contributed by atoms with Crippen LogP contribution in [0.5, 0.6) is 0 Å². The number of nitrogens with zero attached hydrogens (tertiary/aromatic N) is 1. The fourth-order valence-corrected chi connectivity index (χ4v) is 3.97. The van der Waals surface area contributed by atoms with Crippen molar-refractivity contribution in [1.29, 1.82) is 0 Å². The molecule has 1 aromatic heterocycles. The van der Waals surface area contributed by atoms with E-state index in [2.05, 4.69) is 54.0 Å². The van der Waals surface area contributed by atoms with Crippen molar-refractivity contribution in [2.45, 2.75) is 27.3 Å². The van der Waals surface area contributed by atoms with Crippen LogP contribution in [0.25, 0.3) is 27.1 Å². The molecule has 0 atom stereocenters. The van der Waals surface area contributed by atoms with E-state index in [1.165, 1.54) is 26.0 Å². The van der Waals surface area contributed by atoms with E-state index < -0.39 is 0 Å². The molecule has 0 amide bonds. The van der Waals surface area contributed by atoms with Crippen LogP contribution in [0.3, 0.4) is 0 Å². The number of rotatable bonds is 4. The molecule has 0 spiro atoms. The highest BCUT2D eigenvalue weighted by Gasteiger charge is 2.20. The zero-order valence-electron chi connectivity index (χ0n) is 13.1. The molecule has 3 rings (SSSR count). The maximum atomic E-state index is 5.58. The van der Waals surface area contributed by atoms with E-state index >= 15 is 0 Å². The first-order chi connectivity index (χ1) is 10.2. The van der Waals surface area contributed by atoms with Gasteiger partial charge in [-0.25, -0.2) is 0 Å². The molecule has 0 aliphatic carbocycles. The summed E-state index contributed by atoms with van der Waals surface area (Å²) in [4.78, 5) is 0. The fraction of sp³-hybridized carbons (Fsp3) is 0.278. The maximum Gasteiger partial charge on any atom is 0.266 e. The molecule has 3 aromatic rings. The Bertz CT molecular complexity index is 822. The minimum absolute atomic E-state index is 0. The van der Waals surface area contributed by atoms with Gasteiger partial charge in [0, 0.05) is 0 Å². The van der Waals surface area contributed by atoms with Crippen molar-refractivity contribution in [2.24, 2.45) is 0 Å². The second kappa shape index (κ2) is 7.42. The van der Waals surface area contributed by atoms with E-state index in [4.69, 9.17) is 4.74 Å². The lowest BCUT2D eigenvalue weighted by Gasteiger charge is -2.00. The van der Waals surface area contributed by atoms with Crippen molar-refractivity contribution in [1.82, 2.24) is 0 Å². The Balaban J connectivity index is 0.00000176. The standard InChI is InChI=1S/C18H20NOS.HI/c1-4-19-17(12-13(3)20-5-2)21-16-11-10-14-8-6-7-9-15(14)18(16)19;/h6-12H,4-5H2,1-3H3;1H/q+1;/p-1/b13-12-;. The molecule has 2 nitrogen and oxygen atoms in total. The molecule has 0 radical (unpaired) electrons. The Morgan fingerprint density at radius 2 is 1.95 bits per heavy atom. The van der Waals surface area contributed by atoms with Gasteiger partial charge in [-0.1, -0.05) is 35.6 Å². The molecule has 0 aliphatic rings. The third-order valence-corrected chi connectivity index (χ3v) is 4.73. The summed E-state index contributed by atoms with van der Waals surface area (Å²) in [6, 6.07) is 13.0. The number of hydrogen-bond acceptors (Lipinski definition) is 2. The molecule has 2 aromatic carbocycles. The number of hydrogen-bond donors (Lipinski definition) is 0. The molecule has 0 fully saturated rings. The van der Waals surface area contributed by atoms with Gasteiger partial charge in [0.1, 0.15) is 17.0 Å². The number of fused-ring (bicyclic) bond motifs is 3. The van der Waals surface area contributed by atoms with Crippen LogP contribution in [0.1, 0.15) is 25.8 Å². The van der Waals surface area contributed by atoms with Crippen LogP contribution in [0.15, 0.2) is 42.2 Å². The van der Waals surface area contributed by atoms with Gasteiger partial charge in [-0.05, 0) is 38.3 Å². The van der Waals surface area contributed by atoms with Gasteiger partial charge < -0.3 is 28.7 Å². The summed E-state index contributed by atoms with van der Waals surface area (Å²) in [5.74, 6) is 0.968. The number of benzene rings is 2. The first kappa shape index (κ1) is 17.2. The predicted molar refractivity (Wildman–Crippen MR) is 90.5 cm³/mol. The normalized spacial score (nSPS) is 11.7. The highest BCUT2D eigenvalue weighted by atomic mass is 127. The van der Waals surface area contributed by atoms with Gasteiger partial charge in [0.05, 0.1) is 18.1 Å². The van der Waals surface area contributed by atoms with Crippen LogP contribution in [0.2, 0.25) is 0 Å². The van der Waals surface area contributed by atoms with Crippen LogP contribution in [-0.4, -0.2) is 6.61 Å². The smallest absolute Gasteiger partial charge is 0.266 e. The van der Waals surface area contributed by atoms with Crippen molar-refractivity contribution in [2.75, 3.05) is 6.61 Å². The second-order valence-corrected chi connectivity index (χ2v) is 6.07. The van der Waals surface area contributed by atoms with Gasteiger partial charge in [-0.15, -0.1) is 0 Å². The molecule has 4 heteroatoms. The van der Waals surface area contributed by atoms with Crippen LogP contribution >= 0.6 is 11.3 Å². The Morgan fingerprint density at radius 3 is 2.68 bits per heavy atom. The van der Waals surface area contributed by atoms with Gasteiger partial charge in [0.15, 0.2) is 0 Å². The SMILES string of the molecule is CCO/C(C)=C\c1sc2ccc3ccccc3c2[n+]1CC.[I-]. The largest absolute Gasteiger partial charge is 1.00 e. The summed E-state index contributed by atoms with van der Waals surface area (Å²) in [6.07, 6.45) is 2.15. The predicted octanol–water partition coefficient (Wildman–Crippen LogP) is 1.76. The average molecular weight is 425 g/mol. The Hall–Kier alpha value is -1.14. The molecule has 1 heterocycles. The minimum atomic E-state index is 0. The lowest BCUT2D eigenvalue weighted by Crippen LogP contribution is -3.00. The van der Waals surface area contributed by atoms with E-state index in [0.29, 0.717) is 6.61 Å².